The first-order chi connectivity index (χ1) is 14.5. The number of hydrogen-bond acceptors (Lipinski definition) is 5. The minimum Gasteiger partial charge on any atom is -0.477 e. The summed E-state index contributed by atoms with van der Waals surface area (Å²) in [5.74, 6) is -14.4. The van der Waals surface area contributed by atoms with Crippen LogP contribution in [0.5, 0.6) is 0 Å². The highest BCUT2D eigenvalue weighted by atomic mass is 19.4. The monoisotopic (exact) mass is 502 g/mol. The summed E-state index contributed by atoms with van der Waals surface area (Å²) in [6, 6.07) is 0. The van der Waals surface area contributed by atoms with Crippen molar-refractivity contribution >= 4 is 18.0 Å². The Morgan fingerprint density at radius 3 is 1.24 bits per heavy atom. The molecule has 0 bridgehead atoms. The van der Waals surface area contributed by atoms with Gasteiger partial charge in [0.1, 0.15) is 18.5 Å². The van der Waals surface area contributed by atoms with Crippen molar-refractivity contribution in [1.29, 1.82) is 0 Å². The van der Waals surface area contributed by atoms with E-state index in [0.29, 0.717) is 12.3 Å². The first kappa shape index (κ1) is 35.8. The van der Waals surface area contributed by atoms with Gasteiger partial charge in [0.15, 0.2) is 0 Å². The molecule has 2 atom stereocenters. The van der Waals surface area contributed by atoms with E-state index in [0.717, 1.165) is 6.29 Å². The molecule has 0 amide bonds. The van der Waals surface area contributed by atoms with E-state index < -0.39 is 54.3 Å². The van der Waals surface area contributed by atoms with Crippen LogP contribution >= 0.6 is 0 Å². The predicted molar refractivity (Wildman–Crippen MR) is 105 cm³/mol. The number of carboxylic acid groups (broad SMARTS) is 1. The molecule has 0 radical (unpaired) electrons. The lowest BCUT2D eigenvalue weighted by atomic mass is 9.98. The van der Waals surface area contributed by atoms with Gasteiger partial charge in [-0.1, -0.05) is 41.5 Å². The fraction of sp³-hybridized carbons (Fsp3) is 0.850. The highest BCUT2D eigenvalue weighted by Crippen LogP contribution is 2.32. The van der Waals surface area contributed by atoms with Crippen LogP contribution in [0.15, 0.2) is 0 Å². The van der Waals surface area contributed by atoms with Crippen molar-refractivity contribution in [1.82, 2.24) is 0 Å². The number of aliphatic carboxylic acids is 1. The fourth-order valence-electron chi connectivity index (χ4n) is 1.86. The Balaban J connectivity index is -0.000000446. The van der Waals surface area contributed by atoms with E-state index in [4.69, 9.17) is 15.3 Å². The van der Waals surface area contributed by atoms with Crippen molar-refractivity contribution < 1.29 is 60.4 Å². The number of rotatable bonds is 10. The van der Waals surface area contributed by atoms with Crippen molar-refractivity contribution in [2.24, 2.45) is 17.8 Å². The molecule has 0 fully saturated rings. The average Bonchev–Trinajstić information content (AvgIpc) is 2.59. The standard InChI is InChI=1S/C8H11F5O2.C7H12F2O3.C5H10O/c1-4(2)3-5(14)7(9,10)6(15)8(11,12)13;1-4(2)3-5(10)7(8,9)6(11)12;1-5(2)3-4-6/h4-5,14H,3H2,1-2H3;4-5,10H,3H2,1-2H3,(H,11,12);4-5H,3H2,1-2H3. The van der Waals surface area contributed by atoms with Crippen LogP contribution in [0.2, 0.25) is 0 Å². The van der Waals surface area contributed by atoms with Gasteiger partial charge in [-0.05, 0) is 30.6 Å². The van der Waals surface area contributed by atoms with Gasteiger partial charge in [-0.25, -0.2) is 4.79 Å². The second-order valence-electron chi connectivity index (χ2n) is 8.46. The summed E-state index contributed by atoms with van der Waals surface area (Å²) < 4.78 is 85.5. The second-order valence-corrected chi connectivity index (χ2v) is 8.46. The zero-order valence-corrected chi connectivity index (χ0v) is 19.3. The molecule has 0 saturated heterocycles. The fourth-order valence-corrected chi connectivity index (χ4v) is 1.86. The lowest BCUT2D eigenvalue weighted by molar-refractivity contribution is -0.209. The number of ketones is 1. The van der Waals surface area contributed by atoms with Crippen LogP contribution in [0, 0.1) is 17.8 Å². The van der Waals surface area contributed by atoms with Gasteiger partial charge in [-0.2, -0.15) is 30.7 Å². The largest absolute Gasteiger partial charge is 0.477 e. The molecule has 13 heteroatoms. The number of carbonyl (C=O) groups excluding carboxylic acids is 2. The Morgan fingerprint density at radius 1 is 0.727 bits per heavy atom. The van der Waals surface area contributed by atoms with Gasteiger partial charge >= 0.3 is 29.8 Å². The number of halogens is 7. The normalized spacial score (nSPS) is 14.1. The number of carbonyl (C=O) groups is 3. The van der Waals surface area contributed by atoms with E-state index in [9.17, 15) is 45.1 Å². The molecule has 0 aromatic carbocycles. The molecule has 0 aliphatic carbocycles. The Morgan fingerprint density at radius 2 is 1.06 bits per heavy atom. The van der Waals surface area contributed by atoms with Crippen molar-refractivity contribution in [3.05, 3.63) is 0 Å². The summed E-state index contributed by atoms with van der Waals surface area (Å²) in [4.78, 5) is 29.8. The molecule has 0 aromatic heterocycles. The molecule has 2 unspecified atom stereocenters. The molecule has 198 valence electrons. The van der Waals surface area contributed by atoms with Crippen molar-refractivity contribution in [3.63, 3.8) is 0 Å². The third-order valence-corrected chi connectivity index (χ3v) is 3.64. The highest BCUT2D eigenvalue weighted by molar-refractivity contribution is 5.91. The first-order valence-corrected chi connectivity index (χ1v) is 9.95. The number of alkyl halides is 7. The predicted octanol–water partition coefficient (Wildman–Crippen LogP) is 4.50. The molecule has 0 heterocycles. The molecule has 0 aromatic rings. The molecule has 3 N–H and O–H groups in total. The van der Waals surface area contributed by atoms with Crippen LogP contribution in [-0.4, -0.2) is 63.6 Å². The lowest BCUT2D eigenvalue weighted by Crippen LogP contribution is -2.48. The molecule has 0 aliphatic heterocycles. The number of hydrogen-bond donors (Lipinski definition) is 3. The van der Waals surface area contributed by atoms with Crippen molar-refractivity contribution in [2.45, 2.75) is 91.0 Å². The summed E-state index contributed by atoms with van der Waals surface area (Å²) in [7, 11) is 0. The molecular weight excluding hydrogens is 469 g/mol. The lowest BCUT2D eigenvalue weighted by Gasteiger charge is -2.23. The Labute approximate surface area is 188 Å². The van der Waals surface area contributed by atoms with Gasteiger partial charge in [0.05, 0.1) is 0 Å². The smallest absolute Gasteiger partial charge is 0.456 e. The number of aldehydes is 1. The quantitative estimate of drug-likeness (QED) is 0.300. The summed E-state index contributed by atoms with van der Waals surface area (Å²) in [5.41, 5.74) is 0. The number of Topliss-reactive ketones (excluding diaryl/α,β-unsaturated/α-hetero) is 1. The second kappa shape index (κ2) is 15.2. The Hall–Kier alpha value is -1.76. The molecule has 33 heavy (non-hydrogen) atoms. The molecule has 6 nitrogen and oxygen atoms in total. The van der Waals surface area contributed by atoms with Crippen LogP contribution in [-0.2, 0) is 14.4 Å². The Bertz CT molecular complexity index is 590. The Kier molecular flexibility index (Phi) is 16.5. The van der Waals surface area contributed by atoms with Crippen LogP contribution in [0.3, 0.4) is 0 Å². The van der Waals surface area contributed by atoms with Crippen LogP contribution < -0.4 is 0 Å². The van der Waals surface area contributed by atoms with E-state index in [1.165, 1.54) is 13.8 Å². The zero-order valence-electron chi connectivity index (χ0n) is 19.3. The third-order valence-electron chi connectivity index (χ3n) is 3.64. The van der Waals surface area contributed by atoms with Gasteiger partial charge in [-0.3, -0.25) is 4.79 Å². The average molecular weight is 502 g/mol. The zero-order chi connectivity index (χ0) is 27.4. The van der Waals surface area contributed by atoms with Crippen LogP contribution in [0.25, 0.3) is 0 Å². The van der Waals surface area contributed by atoms with Crippen molar-refractivity contribution in [2.75, 3.05) is 0 Å². The van der Waals surface area contributed by atoms with E-state index in [1.807, 2.05) is 13.8 Å². The highest BCUT2D eigenvalue weighted by Gasteiger charge is 2.58. The maximum Gasteiger partial charge on any atom is 0.456 e. The molecular formula is C20H33F7O6. The SMILES string of the molecule is CC(C)CC(O)C(F)(F)C(=O)C(F)(F)F.CC(C)CC(O)C(F)(F)C(=O)O.CC(C)CC=O. The summed E-state index contributed by atoms with van der Waals surface area (Å²) >= 11 is 0. The topological polar surface area (TPSA) is 112 Å². The third kappa shape index (κ3) is 15.7. The van der Waals surface area contributed by atoms with Gasteiger partial charge in [0.25, 0.3) is 0 Å². The van der Waals surface area contributed by atoms with E-state index in [-0.39, 0.29) is 12.3 Å². The van der Waals surface area contributed by atoms with E-state index >= 15 is 0 Å². The molecule has 0 spiro atoms. The molecule has 0 saturated carbocycles. The minimum absolute atomic E-state index is 0.162. The van der Waals surface area contributed by atoms with E-state index in [2.05, 4.69) is 0 Å². The maximum atomic E-state index is 12.7. The minimum atomic E-state index is -5.64. The van der Waals surface area contributed by atoms with Crippen LogP contribution in [0.1, 0.15) is 60.8 Å². The van der Waals surface area contributed by atoms with Crippen molar-refractivity contribution in [3.8, 4) is 0 Å². The van der Waals surface area contributed by atoms with Gasteiger partial charge in [-0.15, -0.1) is 0 Å². The van der Waals surface area contributed by atoms with Crippen LogP contribution in [0.4, 0.5) is 30.7 Å². The number of aliphatic hydroxyl groups is 2. The molecule has 0 aliphatic rings. The first-order valence-electron chi connectivity index (χ1n) is 9.95. The van der Waals surface area contributed by atoms with Gasteiger partial charge in [0, 0.05) is 6.42 Å². The summed E-state index contributed by atoms with van der Waals surface area (Å²) in [6.07, 6.45) is -9.50. The summed E-state index contributed by atoms with van der Waals surface area (Å²) in [6.45, 7) is 10.2. The number of carboxylic acids is 1. The maximum absolute atomic E-state index is 12.7. The molecule has 0 rings (SSSR count). The summed E-state index contributed by atoms with van der Waals surface area (Å²) in [5, 5.41) is 25.6. The number of aliphatic hydroxyl groups excluding tert-OH is 2. The van der Waals surface area contributed by atoms with Gasteiger partial charge < -0.3 is 20.1 Å². The van der Waals surface area contributed by atoms with Gasteiger partial charge in [0.2, 0.25) is 0 Å². The van der Waals surface area contributed by atoms with E-state index in [1.54, 1.807) is 13.8 Å².